The van der Waals surface area contributed by atoms with Crippen molar-refractivity contribution in [1.29, 1.82) is 0 Å². The summed E-state index contributed by atoms with van der Waals surface area (Å²) in [5, 5.41) is 7.44. The van der Waals surface area contributed by atoms with Crippen LogP contribution in [-0.2, 0) is 20.1 Å². The van der Waals surface area contributed by atoms with E-state index in [0.29, 0.717) is 13.1 Å². The van der Waals surface area contributed by atoms with Crippen molar-refractivity contribution in [2.24, 2.45) is 7.05 Å². The molecule has 0 radical (unpaired) electrons. The van der Waals surface area contributed by atoms with Gasteiger partial charge in [-0.3, -0.25) is 4.68 Å². The Bertz CT molecular complexity index is 456. The first kappa shape index (κ1) is 11.3. The highest BCUT2D eigenvalue weighted by molar-refractivity contribution is 7.10. The van der Waals surface area contributed by atoms with E-state index in [1.807, 2.05) is 24.7 Å². The summed E-state index contributed by atoms with van der Waals surface area (Å²) in [6, 6.07) is 5.34. The van der Waals surface area contributed by atoms with Crippen LogP contribution in [0.1, 0.15) is 16.3 Å². The number of thiophene rings is 1. The molecule has 0 atom stereocenters. The molecule has 0 saturated carbocycles. The summed E-state index contributed by atoms with van der Waals surface area (Å²) in [6.07, 6.45) is 0. The van der Waals surface area contributed by atoms with Crippen LogP contribution >= 0.6 is 11.3 Å². The number of rotatable bonds is 4. The number of hydrogen-bond donors (Lipinski definition) is 1. The first-order valence-electron chi connectivity index (χ1n) is 5.09. The Morgan fingerprint density at radius 1 is 1.44 bits per heavy atom. The number of aromatic nitrogens is 2. The molecule has 0 aliphatic carbocycles. The van der Waals surface area contributed by atoms with Crippen molar-refractivity contribution in [1.82, 2.24) is 15.1 Å². The fraction of sp³-hybridized carbons (Fsp3) is 0.364. The fourth-order valence-corrected chi connectivity index (χ4v) is 2.18. The molecular formula is C11H14FN3S. The van der Waals surface area contributed by atoms with Crippen molar-refractivity contribution < 1.29 is 4.39 Å². The highest BCUT2D eigenvalue weighted by Gasteiger charge is 2.02. The van der Waals surface area contributed by atoms with Gasteiger partial charge in [-0.05, 0) is 25.1 Å². The number of nitrogens with zero attached hydrogens (tertiary/aromatic N) is 2. The smallest absolute Gasteiger partial charge is 0.176 e. The van der Waals surface area contributed by atoms with Gasteiger partial charge in [0, 0.05) is 30.7 Å². The molecule has 1 N–H and O–H groups in total. The maximum absolute atomic E-state index is 12.7. The SMILES string of the molecule is Cc1cc(CNCc2ccc(F)s2)nn1C. The van der Waals surface area contributed by atoms with Crippen molar-refractivity contribution in [3.8, 4) is 0 Å². The Balaban J connectivity index is 1.84. The molecule has 5 heteroatoms. The average molecular weight is 239 g/mol. The zero-order chi connectivity index (χ0) is 11.5. The lowest BCUT2D eigenvalue weighted by Crippen LogP contribution is -2.12. The van der Waals surface area contributed by atoms with Crippen molar-refractivity contribution in [3.05, 3.63) is 39.6 Å². The van der Waals surface area contributed by atoms with Crippen LogP contribution in [0, 0.1) is 12.1 Å². The molecule has 0 saturated heterocycles. The standard InChI is InChI=1S/C11H14FN3S/c1-8-5-9(14-15(8)2)6-13-7-10-3-4-11(12)16-10/h3-5,13H,6-7H2,1-2H3. The van der Waals surface area contributed by atoms with Crippen molar-refractivity contribution in [2.75, 3.05) is 0 Å². The van der Waals surface area contributed by atoms with E-state index in [4.69, 9.17) is 0 Å². The molecule has 0 fully saturated rings. The number of aryl methyl sites for hydroxylation is 2. The van der Waals surface area contributed by atoms with Crippen molar-refractivity contribution in [2.45, 2.75) is 20.0 Å². The number of hydrogen-bond acceptors (Lipinski definition) is 3. The van der Waals surface area contributed by atoms with E-state index < -0.39 is 0 Å². The second kappa shape index (κ2) is 4.76. The topological polar surface area (TPSA) is 29.9 Å². The summed E-state index contributed by atoms with van der Waals surface area (Å²) in [6.45, 7) is 3.41. The van der Waals surface area contributed by atoms with Gasteiger partial charge in [0.1, 0.15) is 0 Å². The predicted molar refractivity (Wildman–Crippen MR) is 62.8 cm³/mol. The van der Waals surface area contributed by atoms with Crippen LogP contribution in [0.5, 0.6) is 0 Å². The maximum atomic E-state index is 12.7. The monoisotopic (exact) mass is 239 g/mol. The fourth-order valence-electron chi connectivity index (χ4n) is 1.48. The lowest BCUT2D eigenvalue weighted by molar-refractivity contribution is 0.655. The molecule has 16 heavy (non-hydrogen) atoms. The van der Waals surface area contributed by atoms with Gasteiger partial charge in [-0.1, -0.05) is 0 Å². The minimum absolute atomic E-state index is 0.134. The molecule has 0 aliphatic heterocycles. The van der Waals surface area contributed by atoms with Crippen LogP contribution in [-0.4, -0.2) is 9.78 Å². The predicted octanol–water partition coefficient (Wildman–Crippen LogP) is 2.22. The average Bonchev–Trinajstić information content (AvgIpc) is 2.75. The molecule has 0 spiro atoms. The van der Waals surface area contributed by atoms with Gasteiger partial charge >= 0.3 is 0 Å². The van der Waals surface area contributed by atoms with Crippen LogP contribution in [0.3, 0.4) is 0 Å². The third kappa shape index (κ3) is 2.68. The van der Waals surface area contributed by atoms with Crippen LogP contribution in [0.15, 0.2) is 18.2 Å². The Labute approximate surface area is 97.9 Å². The lowest BCUT2D eigenvalue weighted by Gasteiger charge is -1.99. The molecule has 2 aromatic rings. The molecule has 2 aromatic heterocycles. The molecular weight excluding hydrogens is 225 g/mol. The van der Waals surface area contributed by atoms with E-state index in [2.05, 4.69) is 10.4 Å². The maximum Gasteiger partial charge on any atom is 0.176 e. The van der Waals surface area contributed by atoms with Crippen LogP contribution in [0.2, 0.25) is 0 Å². The second-order valence-electron chi connectivity index (χ2n) is 3.71. The van der Waals surface area contributed by atoms with Gasteiger partial charge in [0.05, 0.1) is 5.69 Å². The Hall–Kier alpha value is -1.20. The summed E-state index contributed by atoms with van der Waals surface area (Å²) in [7, 11) is 1.92. The van der Waals surface area contributed by atoms with Gasteiger partial charge in [0.15, 0.2) is 5.13 Å². The zero-order valence-electron chi connectivity index (χ0n) is 9.33. The molecule has 3 nitrogen and oxygen atoms in total. The van der Waals surface area contributed by atoms with Crippen LogP contribution < -0.4 is 5.32 Å². The summed E-state index contributed by atoms with van der Waals surface area (Å²) >= 11 is 1.18. The van der Waals surface area contributed by atoms with E-state index in [1.165, 1.54) is 17.4 Å². The minimum atomic E-state index is -0.134. The minimum Gasteiger partial charge on any atom is -0.306 e. The molecule has 2 rings (SSSR count). The van der Waals surface area contributed by atoms with E-state index in [1.54, 1.807) is 6.07 Å². The first-order chi connectivity index (χ1) is 7.65. The highest BCUT2D eigenvalue weighted by atomic mass is 32.1. The normalized spacial score (nSPS) is 10.9. The molecule has 0 amide bonds. The van der Waals surface area contributed by atoms with Crippen molar-refractivity contribution >= 4 is 11.3 Å². The third-order valence-electron chi connectivity index (χ3n) is 2.40. The van der Waals surface area contributed by atoms with Gasteiger partial charge < -0.3 is 5.32 Å². The Morgan fingerprint density at radius 3 is 2.81 bits per heavy atom. The van der Waals surface area contributed by atoms with Gasteiger partial charge in [-0.15, -0.1) is 11.3 Å². The summed E-state index contributed by atoms with van der Waals surface area (Å²) in [5.74, 6) is 0. The number of nitrogens with one attached hydrogen (secondary N) is 1. The second-order valence-corrected chi connectivity index (χ2v) is 4.83. The van der Waals surface area contributed by atoms with Crippen molar-refractivity contribution in [3.63, 3.8) is 0 Å². The van der Waals surface area contributed by atoms with Crippen LogP contribution in [0.25, 0.3) is 0 Å². The molecule has 0 aliphatic rings. The molecule has 0 unspecified atom stereocenters. The van der Waals surface area contributed by atoms with E-state index >= 15 is 0 Å². The molecule has 86 valence electrons. The van der Waals surface area contributed by atoms with Gasteiger partial charge in [0.25, 0.3) is 0 Å². The third-order valence-corrected chi connectivity index (χ3v) is 3.27. The van der Waals surface area contributed by atoms with Gasteiger partial charge in [-0.25, -0.2) is 0 Å². The molecule has 0 aromatic carbocycles. The Morgan fingerprint density at radius 2 is 2.25 bits per heavy atom. The summed E-state index contributed by atoms with van der Waals surface area (Å²) in [4.78, 5) is 1.00. The van der Waals surface area contributed by atoms with E-state index in [-0.39, 0.29) is 5.13 Å². The molecule has 0 bridgehead atoms. The zero-order valence-corrected chi connectivity index (χ0v) is 10.1. The first-order valence-corrected chi connectivity index (χ1v) is 5.91. The summed E-state index contributed by atoms with van der Waals surface area (Å²) < 4.78 is 14.6. The quantitative estimate of drug-likeness (QED) is 0.886. The van der Waals surface area contributed by atoms with E-state index in [9.17, 15) is 4.39 Å². The Kier molecular flexibility index (Phi) is 3.36. The highest BCUT2D eigenvalue weighted by Crippen LogP contribution is 2.13. The summed E-state index contributed by atoms with van der Waals surface area (Å²) in [5.41, 5.74) is 2.15. The van der Waals surface area contributed by atoms with E-state index in [0.717, 1.165) is 16.3 Å². The lowest BCUT2D eigenvalue weighted by atomic mass is 10.3. The van der Waals surface area contributed by atoms with Crippen LogP contribution in [0.4, 0.5) is 4.39 Å². The largest absolute Gasteiger partial charge is 0.306 e. The molecule has 2 heterocycles. The number of halogens is 1. The van der Waals surface area contributed by atoms with Gasteiger partial charge in [-0.2, -0.15) is 9.49 Å². The van der Waals surface area contributed by atoms with Gasteiger partial charge in [0.2, 0.25) is 0 Å².